The molecule has 2 aromatic carbocycles. The van der Waals surface area contributed by atoms with Crippen LogP contribution >= 0.6 is 0 Å². The second kappa shape index (κ2) is 8.26. The van der Waals surface area contributed by atoms with E-state index in [-0.39, 0.29) is 29.8 Å². The minimum atomic E-state index is -4.57. The van der Waals surface area contributed by atoms with Crippen LogP contribution in [0.5, 0.6) is 0 Å². The summed E-state index contributed by atoms with van der Waals surface area (Å²) in [5.74, 6) is -1.20. The molecule has 0 saturated carbocycles. The highest BCUT2D eigenvalue weighted by Gasteiger charge is 2.30. The molecule has 1 N–H and O–H groups in total. The normalized spacial score (nSPS) is 11.4. The van der Waals surface area contributed by atoms with Crippen LogP contribution in [0, 0.1) is 0 Å². The molecule has 1 aromatic heterocycles. The van der Waals surface area contributed by atoms with Crippen LogP contribution in [-0.4, -0.2) is 28.3 Å². The number of rotatable bonds is 6. The molecule has 0 aliphatic carbocycles. The average molecular weight is 404 g/mol. The third-order valence-corrected chi connectivity index (χ3v) is 4.10. The highest BCUT2D eigenvalue weighted by molar-refractivity contribution is 5.98. The molecule has 0 fully saturated rings. The SMILES string of the molecule is O=C(CCc1nc2ccccc2c(=O)[nH]1)OCC(=O)c1cccc(C(F)(F)F)c1. The average Bonchev–Trinajstić information content (AvgIpc) is 2.70. The molecule has 0 aliphatic heterocycles. The van der Waals surface area contributed by atoms with Gasteiger partial charge in [-0.2, -0.15) is 13.2 Å². The van der Waals surface area contributed by atoms with Gasteiger partial charge in [-0.3, -0.25) is 14.4 Å². The van der Waals surface area contributed by atoms with Crippen LogP contribution in [0.1, 0.15) is 28.2 Å². The maximum absolute atomic E-state index is 12.7. The van der Waals surface area contributed by atoms with E-state index in [9.17, 15) is 27.6 Å². The Labute approximate surface area is 162 Å². The number of hydrogen-bond acceptors (Lipinski definition) is 5. The van der Waals surface area contributed by atoms with Crippen molar-refractivity contribution in [1.29, 1.82) is 0 Å². The summed E-state index contributed by atoms with van der Waals surface area (Å²) in [6.07, 6.45) is -4.65. The van der Waals surface area contributed by atoms with Gasteiger partial charge in [-0.1, -0.05) is 24.3 Å². The fourth-order valence-electron chi connectivity index (χ4n) is 2.64. The third-order valence-electron chi connectivity index (χ3n) is 4.10. The van der Waals surface area contributed by atoms with Gasteiger partial charge in [-0.05, 0) is 24.3 Å². The zero-order valence-corrected chi connectivity index (χ0v) is 15.0. The summed E-state index contributed by atoms with van der Waals surface area (Å²) in [4.78, 5) is 42.6. The Kier molecular flexibility index (Phi) is 5.76. The first-order chi connectivity index (χ1) is 13.7. The zero-order chi connectivity index (χ0) is 21.0. The largest absolute Gasteiger partial charge is 0.457 e. The number of nitrogens with one attached hydrogen (secondary N) is 1. The number of benzene rings is 2. The number of para-hydroxylation sites is 1. The van der Waals surface area contributed by atoms with Gasteiger partial charge in [0.15, 0.2) is 12.4 Å². The molecule has 1 heterocycles. The molecule has 0 atom stereocenters. The van der Waals surface area contributed by atoms with Gasteiger partial charge in [0.1, 0.15) is 5.82 Å². The van der Waals surface area contributed by atoms with E-state index >= 15 is 0 Å². The first-order valence-electron chi connectivity index (χ1n) is 8.58. The fourth-order valence-corrected chi connectivity index (χ4v) is 2.64. The summed E-state index contributed by atoms with van der Waals surface area (Å²) >= 11 is 0. The fraction of sp³-hybridized carbons (Fsp3) is 0.200. The summed E-state index contributed by atoms with van der Waals surface area (Å²) in [5, 5.41) is 0.422. The number of carbonyl (C=O) groups excluding carboxylic acids is 2. The van der Waals surface area contributed by atoms with E-state index in [4.69, 9.17) is 4.74 Å². The van der Waals surface area contributed by atoms with Crippen LogP contribution in [0.4, 0.5) is 13.2 Å². The number of alkyl halides is 3. The number of Topliss-reactive ketones (excluding diaryl/α,β-unsaturated/α-hetero) is 1. The number of hydrogen-bond donors (Lipinski definition) is 1. The van der Waals surface area contributed by atoms with Gasteiger partial charge in [0.2, 0.25) is 0 Å². The molecule has 0 bridgehead atoms. The van der Waals surface area contributed by atoms with Gasteiger partial charge < -0.3 is 9.72 Å². The van der Waals surface area contributed by atoms with Crippen molar-refractivity contribution >= 4 is 22.7 Å². The van der Waals surface area contributed by atoms with E-state index in [1.165, 1.54) is 6.07 Å². The molecule has 0 amide bonds. The van der Waals surface area contributed by atoms with Gasteiger partial charge in [0.05, 0.1) is 22.9 Å². The van der Waals surface area contributed by atoms with Crippen molar-refractivity contribution in [3.63, 3.8) is 0 Å². The minimum Gasteiger partial charge on any atom is -0.457 e. The van der Waals surface area contributed by atoms with Crippen LogP contribution < -0.4 is 5.56 Å². The Bertz CT molecular complexity index is 1120. The summed E-state index contributed by atoms with van der Waals surface area (Å²) in [6.45, 7) is -0.679. The maximum atomic E-state index is 12.7. The standard InChI is InChI=1S/C20H15F3N2O4/c21-20(22,23)13-5-3-4-12(10-13)16(26)11-29-18(27)9-8-17-24-15-7-2-1-6-14(15)19(28)25-17/h1-7,10H,8-9,11H2,(H,24,25,28). The Morgan fingerprint density at radius 2 is 1.83 bits per heavy atom. The molecule has 0 aliphatic rings. The molecule has 6 nitrogen and oxygen atoms in total. The highest BCUT2D eigenvalue weighted by atomic mass is 19.4. The van der Waals surface area contributed by atoms with Gasteiger partial charge in [-0.15, -0.1) is 0 Å². The molecule has 3 aromatic rings. The molecule has 0 saturated heterocycles. The van der Waals surface area contributed by atoms with E-state index in [0.717, 1.165) is 12.1 Å². The molecule has 9 heteroatoms. The number of carbonyl (C=O) groups is 2. The molecular weight excluding hydrogens is 389 g/mol. The number of halogens is 3. The number of fused-ring (bicyclic) bond motifs is 1. The quantitative estimate of drug-likeness (QED) is 0.503. The van der Waals surface area contributed by atoms with Crippen molar-refractivity contribution < 1.29 is 27.5 Å². The first kappa shape index (κ1) is 20.2. The first-order valence-corrected chi connectivity index (χ1v) is 8.58. The van der Waals surface area contributed by atoms with Crippen LogP contribution in [0.15, 0.2) is 53.3 Å². The van der Waals surface area contributed by atoms with Crippen molar-refractivity contribution in [2.45, 2.75) is 19.0 Å². The summed E-state index contributed by atoms with van der Waals surface area (Å²) in [6, 6.07) is 10.6. The second-order valence-corrected chi connectivity index (χ2v) is 6.19. The monoisotopic (exact) mass is 404 g/mol. The van der Waals surface area contributed by atoms with Crippen molar-refractivity contribution in [2.24, 2.45) is 0 Å². The number of aromatic nitrogens is 2. The number of ether oxygens (including phenoxy) is 1. The van der Waals surface area contributed by atoms with Gasteiger partial charge in [-0.25, -0.2) is 4.98 Å². The summed E-state index contributed by atoms with van der Waals surface area (Å²) < 4.78 is 42.9. The number of ketones is 1. The third kappa shape index (κ3) is 5.07. The Hall–Kier alpha value is -3.49. The van der Waals surface area contributed by atoms with Crippen LogP contribution in [-0.2, 0) is 22.1 Å². The molecular formula is C20H15F3N2O4. The smallest absolute Gasteiger partial charge is 0.416 e. The highest BCUT2D eigenvalue weighted by Crippen LogP contribution is 2.29. The lowest BCUT2D eigenvalue weighted by molar-refractivity contribution is -0.142. The summed E-state index contributed by atoms with van der Waals surface area (Å²) in [7, 11) is 0. The number of esters is 1. The lowest BCUT2D eigenvalue weighted by Gasteiger charge is -2.08. The molecule has 3 rings (SSSR count). The topological polar surface area (TPSA) is 89.1 Å². The lowest BCUT2D eigenvalue weighted by atomic mass is 10.1. The van der Waals surface area contributed by atoms with E-state index in [2.05, 4.69) is 9.97 Å². The molecule has 0 unspecified atom stereocenters. The number of aryl methyl sites for hydroxylation is 1. The maximum Gasteiger partial charge on any atom is 0.416 e. The Balaban J connectivity index is 1.56. The predicted molar refractivity (Wildman–Crippen MR) is 97.4 cm³/mol. The van der Waals surface area contributed by atoms with Crippen molar-refractivity contribution in [1.82, 2.24) is 9.97 Å². The Morgan fingerprint density at radius 1 is 1.07 bits per heavy atom. The Morgan fingerprint density at radius 3 is 2.59 bits per heavy atom. The van der Waals surface area contributed by atoms with E-state index in [1.807, 2.05) is 0 Å². The number of H-pyrrole nitrogens is 1. The number of aromatic amines is 1. The summed E-state index contributed by atoms with van der Waals surface area (Å²) in [5.41, 5.74) is -1.01. The van der Waals surface area contributed by atoms with Crippen molar-refractivity contribution in [3.8, 4) is 0 Å². The van der Waals surface area contributed by atoms with E-state index < -0.39 is 30.1 Å². The molecule has 150 valence electrons. The minimum absolute atomic E-state index is 0.0800. The van der Waals surface area contributed by atoms with Gasteiger partial charge >= 0.3 is 12.1 Å². The molecule has 29 heavy (non-hydrogen) atoms. The predicted octanol–water partition coefficient (Wildman–Crippen LogP) is 3.30. The molecule has 0 spiro atoms. The van der Waals surface area contributed by atoms with Gasteiger partial charge in [0, 0.05) is 12.0 Å². The van der Waals surface area contributed by atoms with Crippen LogP contribution in [0.2, 0.25) is 0 Å². The molecule has 0 radical (unpaired) electrons. The van der Waals surface area contributed by atoms with E-state index in [1.54, 1.807) is 24.3 Å². The lowest BCUT2D eigenvalue weighted by Crippen LogP contribution is -2.17. The van der Waals surface area contributed by atoms with Gasteiger partial charge in [0.25, 0.3) is 5.56 Å². The van der Waals surface area contributed by atoms with E-state index in [0.29, 0.717) is 17.0 Å². The van der Waals surface area contributed by atoms with Crippen LogP contribution in [0.25, 0.3) is 10.9 Å². The van der Waals surface area contributed by atoms with Crippen molar-refractivity contribution in [3.05, 3.63) is 75.8 Å². The zero-order valence-electron chi connectivity index (χ0n) is 15.0. The number of nitrogens with zero attached hydrogens (tertiary/aromatic N) is 1. The second-order valence-electron chi connectivity index (χ2n) is 6.19. The van der Waals surface area contributed by atoms with Crippen LogP contribution in [0.3, 0.4) is 0 Å². The van der Waals surface area contributed by atoms with Crippen molar-refractivity contribution in [2.75, 3.05) is 6.61 Å².